The summed E-state index contributed by atoms with van der Waals surface area (Å²) in [5.41, 5.74) is 0.356. The fraction of sp³-hybridized carbons (Fsp3) is 0.586. The Morgan fingerprint density at radius 1 is 1.16 bits per heavy atom. The molecule has 1 aliphatic carbocycles. The fourth-order valence-corrected chi connectivity index (χ4v) is 5.37. The van der Waals surface area contributed by atoms with E-state index in [0.717, 1.165) is 6.42 Å². The van der Waals surface area contributed by atoms with Gasteiger partial charge in [-0.25, -0.2) is 4.39 Å². The lowest BCUT2D eigenvalue weighted by Crippen LogP contribution is -2.49. The largest absolute Gasteiger partial charge is 0.482 e. The molecule has 1 saturated heterocycles. The quantitative estimate of drug-likeness (QED) is 0.491. The second kappa shape index (κ2) is 12.7. The van der Waals surface area contributed by atoms with Gasteiger partial charge in [0.2, 0.25) is 17.1 Å². The van der Waals surface area contributed by atoms with Crippen molar-refractivity contribution in [2.24, 2.45) is 17.8 Å². The number of ether oxygens (including phenoxy) is 2. The summed E-state index contributed by atoms with van der Waals surface area (Å²) in [6, 6.07) is 7.48. The van der Waals surface area contributed by atoms with Gasteiger partial charge in [-0.15, -0.1) is 0 Å². The smallest absolute Gasteiger partial charge is 0.248 e. The van der Waals surface area contributed by atoms with Gasteiger partial charge in [0.05, 0.1) is 12.6 Å². The summed E-state index contributed by atoms with van der Waals surface area (Å²) in [5, 5.41) is 0. The molecule has 4 rings (SSSR count). The highest BCUT2D eigenvalue weighted by molar-refractivity contribution is 5.77. The zero-order valence-electron chi connectivity index (χ0n) is 22.2. The number of carbonyl (C=O) groups excluding carboxylic acids is 1. The Hall–Kier alpha value is -2.71. The molecule has 2 fully saturated rings. The molecule has 8 heteroatoms. The van der Waals surface area contributed by atoms with Crippen molar-refractivity contribution >= 4 is 5.91 Å². The number of halogens is 1. The number of piperazine rings is 1. The van der Waals surface area contributed by atoms with Crippen molar-refractivity contribution in [3.63, 3.8) is 0 Å². The molecule has 1 aromatic carbocycles. The first-order valence-corrected chi connectivity index (χ1v) is 13.4. The van der Waals surface area contributed by atoms with Crippen LogP contribution in [0.2, 0.25) is 0 Å². The summed E-state index contributed by atoms with van der Waals surface area (Å²) in [6.07, 6.45) is 4.92. The average molecular weight is 515 g/mol. The molecule has 0 spiro atoms. The van der Waals surface area contributed by atoms with E-state index in [1.165, 1.54) is 37.3 Å². The van der Waals surface area contributed by atoms with Crippen molar-refractivity contribution in [2.45, 2.75) is 59.3 Å². The van der Waals surface area contributed by atoms with Crippen molar-refractivity contribution in [2.75, 3.05) is 32.8 Å². The Bertz CT molecular complexity index is 1100. The topological polar surface area (TPSA) is 72.2 Å². The number of benzene rings is 1. The van der Waals surface area contributed by atoms with E-state index in [2.05, 4.69) is 25.7 Å². The standard InChI is InChI=1S/C29H39FN2O5/c1-20(2)25-8-7-21(3)13-27(25)37-19-29(34)32-11-9-31(10-12-32)16-24-15-26(33)28(18-35-24)36-17-22-5-4-6-23(30)14-22/h4-6,14-15,18,20-21,25,27H,7-13,16-17,19H2,1-3H3/t21-,25+,27-/m1/s1. The third kappa shape index (κ3) is 7.65. The SMILES string of the molecule is CC(C)[C@@H]1CC[C@@H](C)C[C@H]1OCC(=O)N1CCN(Cc2cc(=O)c(OCc3cccc(F)c3)co2)CC1. The fourth-order valence-electron chi connectivity index (χ4n) is 5.37. The Balaban J connectivity index is 1.21. The van der Waals surface area contributed by atoms with Crippen molar-refractivity contribution < 1.29 is 23.1 Å². The zero-order chi connectivity index (χ0) is 26.4. The molecule has 37 heavy (non-hydrogen) atoms. The summed E-state index contributed by atoms with van der Waals surface area (Å²) < 4.78 is 30.6. The normalized spacial score (nSPS) is 22.8. The highest BCUT2D eigenvalue weighted by Gasteiger charge is 2.32. The van der Waals surface area contributed by atoms with Crippen LogP contribution in [-0.2, 0) is 22.7 Å². The van der Waals surface area contributed by atoms with Crippen LogP contribution in [0.5, 0.6) is 5.75 Å². The van der Waals surface area contributed by atoms with Gasteiger partial charge in [0.15, 0.2) is 0 Å². The minimum absolute atomic E-state index is 0.0479. The third-order valence-corrected chi connectivity index (χ3v) is 7.62. The lowest BCUT2D eigenvalue weighted by atomic mass is 9.75. The van der Waals surface area contributed by atoms with Crippen LogP contribution in [0.4, 0.5) is 4.39 Å². The van der Waals surface area contributed by atoms with Crippen LogP contribution in [0.25, 0.3) is 0 Å². The molecule has 0 radical (unpaired) electrons. The van der Waals surface area contributed by atoms with Crippen LogP contribution in [0, 0.1) is 23.6 Å². The number of amides is 1. The summed E-state index contributed by atoms with van der Waals surface area (Å²) >= 11 is 0. The van der Waals surface area contributed by atoms with E-state index in [1.807, 2.05) is 4.90 Å². The molecule has 2 heterocycles. The van der Waals surface area contributed by atoms with E-state index < -0.39 is 0 Å². The lowest BCUT2D eigenvalue weighted by Gasteiger charge is -2.38. The molecule has 2 aliphatic rings. The third-order valence-electron chi connectivity index (χ3n) is 7.62. The van der Waals surface area contributed by atoms with Gasteiger partial charge in [0, 0.05) is 32.2 Å². The highest BCUT2D eigenvalue weighted by atomic mass is 19.1. The van der Waals surface area contributed by atoms with Crippen LogP contribution >= 0.6 is 0 Å². The molecule has 1 aliphatic heterocycles. The predicted octanol–water partition coefficient (Wildman–Crippen LogP) is 4.48. The second-order valence-corrected chi connectivity index (χ2v) is 10.8. The van der Waals surface area contributed by atoms with E-state index >= 15 is 0 Å². The number of rotatable bonds is 9. The van der Waals surface area contributed by atoms with Crippen molar-refractivity contribution in [1.82, 2.24) is 9.80 Å². The molecular formula is C29H39FN2O5. The lowest BCUT2D eigenvalue weighted by molar-refractivity contribution is -0.143. The molecule has 202 valence electrons. The minimum atomic E-state index is -0.351. The molecule has 7 nitrogen and oxygen atoms in total. The van der Waals surface area contributed by atoms with Crippen LogP contribution < -0.4 is 10.2 Å². The molecule has 1 amide bonds. The van der Waals surface area contributed by atoms with Crippen LogP contribution in [0.1, 0.15) is 51.4 Å². The van der Waals surface area contributed by atoms with Crippen molar-refractivity contribution in [3.8, 4) is 5.75 Å². The van der Waals surface area contributed by atoms with Gasteiger partial charge in [-0.2, -0.15) is 0 Å². The van der Waals surface area contributed by atoms with Gasteiger partial charge < -0.3 is 18.8 Å². The maximum Gasteiger partial charge on any atom is 0.248 e. The molecular weight excluding hydrogens is 475 g/mol. The molecule has 2 aromatic rings. The first-order chi connectivity index (χ1) is 17.8. The highest BCUT2D eigenvalue weighted by Crippen LogP contribution is 2.35. The molecule has 0 unspecified atom stereocenters. The summed E-state index contributed by atoms with van der Waals surface area (Å²) in [4.78, 5) is 29.3. The van der Waals surface area contributed by atoms with E-state index in [0.29, 0.717) is 61.8 Å². The number of nitrogens with zero attached hydrogens (tertiary/aromatic N) is 2. The van der Waals surface area contributed by atoms with Crippen LogP contribution in [-0.4, -0.2) is 54.6 Å². The summed E-state index contributed by atoms with van der Waals surface area (Å²) in [6.45, 7) is 10.1. The molecule has 0 N–H and O–H groups in total. The van der Waals surface area contributed by atoms with Gasteiger partial charge in [0.25, 0.3) is 0 Å². The van der Waals surface area contributed by atoms with Crippen molar-refractivity contribution in [1.29, 1.82) is 0 Å². The average Bonchev–Trinajstić information content (AvgIpc) is 2.87. The van der Waals surface area contributed by atoms with Crippen LogP contribution in [0.15, 0.2) is 45.8 Å². The first kappa shape index (κ1) is 27.3. The van der Waals surface area contributed by atoms with E-state index in [9.17, 15) is 14.0 Å². The molecule has 1 saturated carbocycles. The van der Waals surface area contributed by atoms with E-state index in [-0.39, 0.29) is 42.2 Å². The summed E-state index contributed by atoms with van der Waals surface area (Å²) in [5.74, 6) is 2.06. The Morgan fingerprint density at radius 3 is 2.65 bits per heavy atom. The van der Waals surface area contributed by atoms with Gasteiger partial charge in [-0.05, 0) is 48.3 Å². The second-order valence-electron chi connectivity index (χ2n) is 10.8. The number of carbonyl (C=O) groups is 1. The van der Waals surface area contributed by atoms with Gasteiger partial charge >= 0.3 is 0 Å². The molecule has 3 atom stereocenters. The van der Waals surface area contributed by atoms with Gasteiger partial charge in [-0.1, -0.05) is 39.3 Å². The zero-order valence-corrected chi connectivity index (χ0v) is 22.2. The predicted molar refractivity (Wildman–Crippen MR) is 139 cm³/mol. The number of hydrogen-bond donors (Lipinski definition) is 0. The Morgan fingerprint density at radius 2 is 1.95 bits per heavy atom. The summed E-state index contributed by atoms with van der Waals surface area (Å²) in [7, 11) is 0. The Kier molecular flexibility index (Phi) is 9.38. The monoisotopic (exact) mass is 514 g/mol. The van der Waals surface area contributed by atoms with Gasteiger partial charge in [0.1, 0.15) is 31.1 Å². The maximum absolute atomic E-state index is 13.3. The van der Waals surface area contributed by atoms with E-state index in [1.54, 1.807) is 12.1 Å². The molecule has 1 aromatic heterocycles. The van der Waals surface area contributed by atoms with Crippen LogP contribution in [0.3, 0.4) is 0 Å². The Labute approximate surface area is 218 Å². The van der Waals surface area contributed by atoms with Crippen molar-refractivity contribution in [3.05, 3.63) is 64.0 Å². The number of hydrogen-bond acceptors (Lipinski definition) is 6. The van der Waals surface area contributed by atoms with Gasteiger partial charge in [-0.3, -0.25) is 14.5 Å². The minimum Gasteiger partial charge on any atom is -0.482 e. The van der Waals surface area contributed by atoms with E-state index in [4.69, 9.17) is 13.9 Å². The maximum atomic E-state index is 13.3. The first-order valence-electron chi connectivity index (χ1n) is 13.4. The molecule has 0 bridgehead atoms.